The van der Waals surface area contributed by atoms with E-state index in [1.165, 1.54) is 0 Å². The van der Waals surface area contributed by atoms with Crippen LogP contribution in [0.5, 0.6) is 5.75 Å². The van der Waals surface area contributed by atoms with Crippen molar-refractivity contribution < 1.29 is 19.1 Å². The van der Waals surface area contributed by atoms with Crippen LogP contribution in [0.4, 0.5) is 16.2 Å². The molecule has 8 heteroatoms. The second-order valence-electron chi connectivity index (χ2n) is 7.27. The Balaban J connectivity index is 1.48. The third-order valence-corrected chi connectivity index (χ3v) is 4.99. The van der Waals surface area contributed by atoms with E-state index in [1.807, 2.05) is 12.1 Å². The lowest BCUT2D eigenvalue weighted by molar-refractivity contribution is -0.122. The first-order chi connectivity index (χ1) is 14.1. The minimum Gasteiger partial charge on any atom is -0.479 e. The van der Waals surface area contributed by atoms with Crippen LogP contribution >= 0.6 is 0 Å². The number of hydrogen-bond donors (Lipinski definition) is 2. The minimum absolute atomic E-state index is 0.0372. The molecule has 2 N–H and O–H groups in total. The highest BCUT2D eigenvalue weighted by molar-refractivity contribution is 5.99. The van der Waals surface area contributed by atoms with E-state index < -0.39 is 6.10 Å². The molecule has 2 aliphatic heterocycles. The zero-order chi connectivity index (χ0) is 20.2. The van der Waals surface area contributed by atoms with Gasteiger partial charge >= 0.3 is 6.03 Å². The Morgan fingerprint density at radius 1 is 1.38 bits per heavy atom. The van der Waals surface area contributed by atoms with Gasteiger partial charge in [0.15, 0.2) is 6.10 Å². The monoisotopic (exact) mass is 396 g/mol. The number of nitrogens with one attached hydrogen (secondary N) is 2. The molecule has 1 fully saturated rings. The third-order valence-electron chi connectivity index (χ3n) is 4.99. The molecule has 2 atom stereocenters. The maximum absolute atomic E-state index is 13.0. The van der Waals surface area contributed by atoms with Gasteiger partial charge in [-0.2, -0.15) is 0 Å². The molecule has 29 heavy (non-hydrogen) atoms. The van der Waals surface area contributed by atoms with Gasteiger partial charge in [-0.15, -0.1) is 0 Å². The summed E-state index contributed by atoms with van der Waals surface area (Å²) in [6.45, 7) is 3.36. The van der Waals surface area contributed by atoms with E-state index in [9.17, 15) is 9.59 Å². The van der Waals surface area contributed by atoms with E-state index in [0.717, 1.165) is 25.0 Å². The van der Waals surface area contributed by atoms with Gasteiger partial charge in [-0.05, 0) is 49.6 Å². The van der Waals surface area contributed by atoms with Gasteiger partial charge in [0.2, 0.25) is 0 Å². The molecule has 0 aliphatic carbocycles. The number of fused-ring (bicyclic) bond motifs is 1. The molecule has 0 spiro atoms. The average Bonchev–Trinajstić information content (AvgIpc) is 3.22. The van der Waals surface area contributed by atoms with Gasteiger partial charge in [0.25, 0.3) is 5.91 Å². The Morgan fingerprint density at radius 3 is 3.03 bits per heavy atom. The van der Waals surface area contributed by atoms with Crippen LogP contribution in [0.3, 0.4) is 0 Å². The smallest absolute Gasteiger partial charge is 0.322 e. The lowest BCUT2D eigenvalue weighted by Crippen LogP contribution is -2.39. The van der Waals surface area contributed by atoms with Crippen LogP contribution < -0.4 is 15.4 Å². The van der Waals surface area contributed by atoms with E-state index in [2.05, 4.69) is 15.6 Å². The van der Waals surface area contributed by atoms with Crippen LogP contribution in [0.1, 0.15) is 25.3 Å². The molecular formula is C21H24N4O4. The number of nitrogens with zero attached hydrogens (tertiary/aromatic N) is 2. The fourth-order valence-electron chi connectivity index (χ4n) is 3.45. The number of amides is 3. The number of aromatic nitrogens is 1. The van der Waals surface area contributed by atoms with Crippen molar-refractivity contribution in [1.82, 2.24) is 9.88 Å². The Hall–Kier alpha value is -3.13. The molecule has 0 unspecified atom stereocenters. The van der Waals surface area contributed by atoms with Crippen LogP contribution in [0.15, 0.2) is 42.7 Å². The summed E-state index contributed by atoms with van der Waals surface area (Å²) in [5, 5.41) is 5.71. The van der Waals surface area contributed by atoms with Gasteiger partial charge in [-0.3, -0.25) is 9.78 Å². The van der Waals surface area contributed by atoms with E-state index in [1.54, 1.807) is 42.4 Å². The van der Waals surface area contributed by atoms with Crippen LogP contribution in [0.25, 0.3) is 0 Å². The largest absolute Gasteiger partial charge is 0.479 e. The molecule has 0 radical (unpaired) electrons. The first-order valence-corrected chi connectivity index (χ1v) is 9.76. The number of urea groups is 1. The summed E-state index contributed by atoms with van der Waals surface area (Å²) >= 11 is 0. The van der Waals surface area contributed by atoms with Crippen molar-refractivity contribution in [2.24, 2.45) is 0 Å². The van der Waals surface area contributed by atoms with Crippen molar-refractivity contribution in [3.8, 4) is 5.75 Å². The third kappa shape index (κ3) is 4.65. The van der Waals surface area contributed by atoms with Gasteiger partial charge in [-0.1, -0.05) is 6.07 Å². The van der Waals surface area contributed by atoms with E-state index in [0.29, 0.717) is 30.2 Å². The fourth-order valence-corrected chi connectivity index (χ4v) is 3.45. The van der Waals surface area contributed by atoms with Gasteiger partial charge in [-0.25, -0.2) is 4.79 Å². The molecule has 8 nitrogen and oxygen atoms in total. The topological polar surface area (TPSA) is 92.8 Å². The highest BCUT2D eigenvalue weighted by atomic mass is 16.5. The second-order valence-corrected chi connectivity index (χ2v) is 7.27. The molecule has 3 amide bonds. The molecule has 1 aromatic heterocycles. The number of rotatable bonds is 5. The van der Waals surface area contributed by atoms with Gasteiger partial charge in [0.05, 0.1) is 11.8 Å². The Bertz CT molecular complexity index is 884. The van der Waals surface area contributed by atoms with Gasteiger partial charge in [0, 0.05) is 37.8 Å². The normalized spacial score (nSPS) is 20.4. The Morgan fingerprint density at radius 2 is 2.28 bits per heavy atom. The summed E-state index contributed by atoms with van der Waals surface area (Å²) in [5.41, 5.74) is 2.07. The summed E-state index contributed by atoms with van der Waals surface area (Å²) in [5.74, 6) is 0.374. The number of anilines is 2. The van der Waals surface area contributed by atoms with E-state index in [4.69, 9.17) is 9.47 Å². The molecule has 1 saturated heterocycles. The van der Waals surface area contributed by atoms with Crippen LogP contribution in [0, 0.1) is 0 Å². The van der Waals surface area contributed by atoms with Crippen molar-refractivity contribution >= 4 is 23.3 Å². The summed E-state index contributed by atoms with van der Waals surface area (Å²) in [6, 6.07) is 8.76. The summed E-state index contributed by atoms with van der Waals surface area (Å²) in [4.78, 5) is 30.7. The van der Waals surface area contributed by atoms with Crippen LogP contribution in [-0.4, -0.2) is 47.2 Å². The molecule has 4 rings (SSSR count). The number of pyridine rings is 1. The maximum atomic E-state index is 13.0. The number of ether oxygens (including phenoxy) is 2. The molecule has 0 bridgehead atoms. The van der Waals surface area contributed by atoms with Gasteiger partial charge in [0.1, 0.15) is 5.75 Å². The fraction of sp³-hybridized carbons (Fsp3) is 0.381. The summed E-state index contributed by atoms with van der Waals surface area (Å²) < 4.78 is 11.3. The van der Waals surface area contributed by atoms with Gasteiger partial charge < -0.3 is 25.0 Å². The quantitative estimate of drug-likeness (QED) is 0.810. The molecule has 1 aromatic carbocycles. The SMILES string of the molecule is C[C@@H]1Oc2ccc(NC(=O)N(Cc3cccnc3)C[C@H]3CCCO3)cc2NC1=O. The Labute approximate surface area is 169 Å². The number of hydrogen-bond acceptors (Lipinski definition) is 5. The zero-order valence-electron chi connectivity index (χ0n) is 16.3. The molecular weight excluding hydrogens is 372 g/mol. The van der Waals surface area contributed by atoms with Crippen molar-refractivity contribution in [1.29, 1.82) is 0 Å². The Kier molecular flexibility index (Phi) is 5.62. The number of carbonyl (C=O) groups excluding carboxylic acids is 2. The average molecular weight is 396 g/mol. The summed E-state index contributed by atoms with van der Waals surface area (Å²) in [6.07, 6.45) is 4.91. The molecule has 0 saturated carbocycles. The predicted octanol–water partition coefficient (Wildman–Crippen LogP) is 3.01. The second kappa shape index (κ2) is 8.48. The van der Waals surface area contributed by atoms with E-state index >= 15 is 0 Å². The molecule has 3 heterocycles. The first-order valence-electron chi connectivity index (χ1n) is 9.76. The van der Waals surface area contributed by atoms with Crippen molar-refractivity contribution in [3.05, 3.63) is 48.3 Å². The van der Waals surface area contributed by atoms with Crippen LogP contribution in [-0.2, 0) is 16.1 Å². The molecule has 2 aromatic rings. The van der Waals surface area contributed by atoms with E-state index in [-0.39, 0.29) is 18.0 Å². The lowest BCUT2D eigenvalue weighted by atomic mass is 10.2. The highest BCUT2D eigenvalue weighted by Crippen LogP contribution is 2.32. The maximum Gasteiger partial charge on any atom is 0.322 e. The first kappa shape index (κ1) is 19.2. The predicted molar refractivity (Wildman–Crippen MR) is 108 cm³/mol. The minimum atomic E-state index is -0.538. The van der Waals surface area contributed by atoms with Crippen LogP contribution in [0.2, 0.25) is 0 Å². The summed E-state index contributed by atoms with van der Waals surface area (Å²) in [7, 11) is 0. The van der Waals surface area contributed by atoms with Crippen molar-refractivity contribution in [3.63, 3.8) is 0 Å². The standard InChI is InChI=1S/C21H24N4O4/c1-14-20(26)24-18-10-16(6-7-19(18)29-14)23-21(27)25(13-17-5-3-9-28-17)12-15-4-2-8-22-11-15/h2,4,6-8,10-11,14,17H,3,5,9,12-13H2,1H3,(H,23,27)(H,24,26)/t14-,17+/m0/s1. The highest BCUT2D eigenvalue weighted by Gasteiger charge is 2.25. The lowest BCUT2D eigenvalue weighted by Gasteiger charge is -2.27. The van der Waals surface area contributed by atoms with Crippen molar-refractivity contribution in [2.75, 3.05) is 23.8 Å². The number of carbonyl (C=O) groups is 2. The number of benzene rings is 1. The molecule has 2 aliphatic rings. The van der Waals surface area contributed by atoms with Crippen molar-refractivity contribution in [2.45, 2.75) is 38.5 Å². The zero-order valence-corrected chi connectivity index (χ0v) is 16.3. The molecule has 152 valence electrons.